The molecule has 0 spiro atoms. The highest BCUT2D eigenvalue weighted by Crippen LogP contribution is 2.12. The van der Waals surface area contributed by atoms with Crippen molar-refractivity contribution in [3.63, 3.8) is 0 Å². The van der Waals surface area contributed by atoms with Crippen molar-refractivity contribution in [2.45, 2.75) is 38.3 Å². The van der Waals surface area contributed by atoms with Gasteiger partial charge in [-0.25, -0.2) is 4.90 Å². The zero-order valence-electron chi connectivity index (χ0n) is 8.88. The van der Waals surface area contributed by atoms with Gasteiger partial charge >= 0.3 is 0 Å². The van der Waals surface area contributed by atoms with E-state index in [-0.39, 0.29) is 6.15 Å². The van der Waals surface area contributed by atoms with Crippen LogP contribution in [0.1, 0.15) is 26.7 Å². The van der Waals surface area contributed by atoms with Gasteiger partial charge in [0.1, 0.15) is 11.6 Å². The Kier molecular flexibility index (Phi) is 5.68. The van der Waals surface area contributed by atoms with Gasteiger partial charge in [-0.2, -0.15) is 0 Å². The molecule has 0 heterocycles. The molecule has 11 N–H and O–H groups in total. The average molecular weight is 192 g/mol. The van der Waals surface area contributed by atoms with E-state index in [0.29, 0.717) is 12.8 Å². The van der Waals surface area contributed by atoms with E-state index in [0.717, 1.165) is 0 Å². The Hall–Kier alpha value is -0.240. The van der Waals surface area contributed by atoms with Crippen molar-refractivity contribution in [1.29, 1.82) is 0 Å². The standard InChI is InChI=1S/C7H21N5.H3N/c1-4-6(8,9)12(3)7(10,11)5-2;/h4-5,8-11H2,1-3H3;1H3. The van der Waals surface area contributed by atoms with Gasteiger partial charge in [-0.15, -0.1) is 0 Å². The minimum Gasteiger partial charge on any atom is -0.344 e. The summed E-state index contributed by atoms with van der Waals surface area (Å²) >= 11 is 0. The number of hydrogen-bond donors (Lipinski definition) is 5. The van der Waals surface area contributed by atoms with E-state index in [9.17, 15) is 0 Å². The van der Waals surface area contributed by atoms with Crippen LogP contribution in [0.2, 0.25) is 0 Å². The molecule has 13 heavy (non-hydrogen) atoms. The molecule has 0 aromatic carbocycles. The first-order valence-corrected chi connectivity index (χ1v) is 4.17. The van der Waals surface area contributed by atoms with Gasteiger partial charge in [-0.1, -0.05) is 13.8 Å². The molecule has 0 atom stereocenters. The molecule has 0 unspecified atom stereocenters. The Morgan fingerprint density at radius 3 is 1.31 bits per heavy atom. The van der Waals surface area contributed by atoms with Gasteiger partial charge in [-0.05, 0) is 19.9 Å². The summed E-state index contributed by atoms with van der Waals surface area (Å²) in [7, 11) is 1.73. The van der Waals surface area contributed by atoms with E-state index >= 15 is 0 Å². The van der Waals surface area contributed by atoms with Crippen LogP contribution in [0.5, 0.6) is 0 Å². The van der Waals surface area contributed by atoms with Crippen molar-refractivity contribution >= 4 is 0 Å². The largest absolute Gasteiger partial charge is 0.344 e. The van der Waals surface area contributed by atoms with E-state index in [1.54, 1.807) is 11.9 Å². The van der Waals surface area contributed by atoms with Gasteiger partial charge in [0.2, 0.25) is 0 Å². The second kappa shape index (κ2) is 4.85. The van der Waals surface area contributed by atoms with Gasteiger partial charge in [0.15, 0.2) is 0 Å². The Balaban J connectivity index is 0. The molecule has 0 aliphatic heterocycles. The molecule has 6 nitrogen and oxygen atoms in total. The molecule has 0 saturated carbocycles. The van der Waals surface area contributed by atoms with E-state index < -0.39 is 11.6 Å². The van der Waals surface area contributed by atoms with Gasteiger partial charge in [0.05, 0.1) is 0 Å². The topological polar surface area (TPSA) is 142 Å². The molecule has 82 valence electrons. The third-order valence-corrected chi connectivity index (χ3v) is 2.38. The van der Waals surface area contributed by atoms with Crippen LogP contribution in [0.3, 0.4) is 0 Å². The summed E-state index contributed by atoms with van der Waals surface area (Å²) in [6, 6.07) is 0. The zero-order chi connectivity index (χ0) is 9.99. The van der Waals surface area contributed by atoms with Crippen LogP contribution in [0, 0.1) is 0 Å². The molecule has 0 fully saturated rings. The van der Waals surface area contributed by atoms with E-state index in [2.05, 4.69) is 0 Å². The second-order valence-electron chi connectivity index (χ2n) is 3.25. The van der Waals surface area contributed by atoms with Crippen LogP contribution < -0.4 is 29.1 Å². The summed E-state index contributed by atoms with van der Waals surface area (Å²) in [5.74, 6) is -1.86. The van der Waals surface area contributed by atoms with Gasteiger partial charge in [0.25, 0.3) is 0 Å². The number of nitrogens with zero attached hydrogens (tertiary/aromatic N) is 1. The smallest absolute Gasteiger partial charge is 0.122 e. The van der Waals surface area contributed by atoms with Crippen LogP contribution in [0.25, 0.3) is 0 Å². The average Bonchev–Trinajstić information content (AvgIpc) is 2.03. The SMILES string of the molecule is CCC(N)(N)N(C)C(N)(N)CC.N. The van der Waals surface area contributed by atoms with Crippen molar-refractivity contribution in [3.05, 3.63) is 0 Å². The number of hydrogen-bond acceptors (Lipinski definition) is 6. The lowest BCUT2D eigenvalue weighted by Gasteiger charge is -2.44. The molecule has 0 aromatic rings. The molecule has 0 amide bonds. The highest BCUT2D eigenvalue weighted by Gasteiger charge is 2.34. The van der Waals surface area contributed by atoms with Crippen molar-refractivity contribution < 1.29 is 0 Å². The van der Waals surface area contributed by atoms with Crippen LogP contribution >= 0.6 is 0 Å². The summed E-state index contributed by atoms with van der Waals surface area (Å²) in [6.45, 7) is 3.78. The lowest BCUT2D eigenvalue weighted by molar-refractivity contribution is 0.00760. The third kappa shape index (κ3) is 3.55. The van der Waals surface area contributed by atoms with Gasteiger partial charge in [0, 0.05) is 0 Å². The third-order valence-electron chi connectivity index (χ3n) is 2.38. The Bertz CT molecular complexity index is 128. The number of rotatable bonds is 4. The Morgan fingerprint density at radius 1 is 0.923 bits per heavy atom. The van der Waals surface area contributed by atoms with Gasteiger partial charge < -0.3 is 29.1 Å². The molecule has 0 aliphatic carbocycles. The van der Waals surface area contributed by atoms with Crippen LogP contribution in [0.15, 0.2) is 0 Å². The molecule has 0 saturated heterocycles. The summed E-state index contributed by atoms with van der Waals surface area (Å²) in [5, 5.41) is 0. The maximum Gasteiger partial charge on any atom is 0.122 e. The fraction of sp³-hybridized carbons (Fsp3) is 1.00. The minimum absolute atomic E-state index is 0. The summed E-state index contributed by atoms with van der Waals surface area (Å²) in [5.41, 5.74) is 23.1. The van der Waals surface area contributed by atoms with Crippen molar-refractivity contribution in [2.24, 2.45) is 22.9 Å². The number of nitrogens with two attached hydrogens (primary N) is 4. The lowest BCUT2D eigenvalue weighted by Crippen LogP contribution is -2.74. The summed E-state index contributed by atoms with van der Waals surface area (Å²) in [4.78, 5) is 1.60. The lowest BCUT2D eigenvalue weighted by atomic mass is 10.1. The highest BCUT2D eigenvalue weighted by molar-refractivity contribution is 4.84. The fourth-order valence-electron chi connectivity index (χ4n) is 0.862. The molecule has 0 rings (SSSR count). The predicted octanol–water partition coefficient (Wildman–Crippen LogP) is -0.957. The van der Waals surface area contributed by atoms with Crippen LogP contribution in [0.4, 0.5) is 0 Å². The monoisotopic (exact) mass is 192 g/mol. The second-order valence-corrected chi connectivity index (χ2v) is 3.25. The predicted molar refractivity (Wildman–Crippen MR) is 55.6 cm³/mol. The van der Waals surface area contributed by atoms with E-state index in [4.69, 9.17) is 22.9 Å². The fourth-order valence-corrected chi connectivity index (χ4v) is 0.862. The van der Waals surface area contributed by atoms with Crippen molar-refractivity contribution in [1.82, 2.24) is 11.1 Å². The normalized spacial score (nSPS) is 12.9. The maximum absolute atomic E-state index is 5.76. The van der Waals surface area contributed by atoms with Crippen molar-refractivity contribution in [3.8, 4) is 0 Å². The summed E-state index contributed by atoms with van der Waals surface area (Å²) < 4.78 is 0. The zero-order valence-corrected chi connectivity index (χ0v) is 8.88. The maximum atomic E-state index is 5.76. The van der Waals surface area contributed by atoms with E-state index in [1.165, 1.54) is 0 Å². The quantitative estimate of drug-likeness (QED) is 0.363. The van der Waals surface area contributed by atoms with E-state index in [1.807, 2.05) is 13.8 Å². The van der Waals surface area contributed by atoms with Crippen LogP contribution in [-0.4, -0.2) is 23.5 Å². The molecule has 0 aliphatic rings. The first-order valence-electron chi connectivity index (χ1n) is 4.17. The van der Waals surface area contributed by atoms with Crippen LogP contribution in [-0.2, 0) is 0 Å². The molecule has 0 bridgehead atoms. The molecule has 0 aromatic heterocycles. The highest BCUT2D eigenvalue weighted by atomic mass is 15.5. The molecular weight excluding hydrogens is 168 g/mol. The summed E-state index contributed by atoms with van der Waals surface area (Å²) in [6.07, 6.45) is 1.19. The molecule has 0 radical (unpaired) electrons. The molecular formula is C7H24N6. The Morgan fingerprint density at radius 2 is 1.15 bits per heavy atom. The van der Waals surface area contributed by atoms with Gasteiger partial charge in [-0.3, -0.25) is 0 Å². The minimum atomic E-state index is -0.931. The van der Waals surface area contributed by atoms with Crippen molar-refractivity contribution in [2.75, 3.05) is 7.05 Å². The molecule has 6 heteroatoms. The first kappa shape index (κ1) is 15.2. The first-order chi connectivity index (χ1) is 5.28. The Labute approximate surface area is 80.2 Å².